The summed E-state index contributed by atoms with van der Waals surface area (Å²) < 4.78 is 0.705. The minimum absolute atomic E-state index is 0.00451. The van der Waals surface area contributed by atoms with Crippen LogP contribution in [0, 0.1) is 5.21 Å². The van der Waals surface area contributed by atoms with Gasteiger partial charge in [-0.1, -0.05) is 72.4 Å². The fraction of sp³-hybridized carbons (Fsp3) is 0.458. The molecule has 6 atom stereocenters. The Balaban J connectivity index is 1.55. The van der Waals surface area contributed by atoms with Crippen LogP contribution in [0.5, 0.6) is 0 Å². The minimum atomic E-state index is -0.0873. The number of benzene rings is 2. The first-order chi connectivity index (χ1) is 14.2. The molecule has 5 heteroatoms. The Hall–Kier alpha value is -1.66. The zero-order valence-corrected chi connectivity index (χ0v) is 17.5. The summed E-state index contributed by atoms with van der Waals surface area (Å²) in [6.45, 7) is 0.605. The summed E-state index contributed by atoms with van der Waals surface area (Å²) in [6.07, 6.45) is 4.40. The van der Waals surface area contributed by atoms with Crippen molar-refractivity contribution in [2.45, 2.75) is 55.6 Å². The molecular formula is C24H29N2O2S+. The number of carbonyl (C=O) groups excluding carboxylic acids is 1. The lowest BCUT2D eigenvalue weighted by molar-refractivity contribution is -1.06. The number of hydrogen-bond donors (Lipinski definition) is 1. The highest BCUT2D eigenvalue weighted by Crippen LogP contribution is 2.51. The number of fused-ring (bicyclic) bond motifs is 1. The largest absolute Gasteiger partial charge is 0.630 e. The first-order valence-electron chi connectivity index (χ1n) is 10.8. The van der Waals surface area contributed by atoms with Gasteiger partial charge in [0.15, 0.2) is 17.9 Å². The van der Waals surface area contributed by atoms with Gasteiger partial charge in [0.25, 0.3) is 0 Å². The molecule has 0 aromatic heterocycles. The van der Waals surface area contributed by atoms with E-state index >= 15 is 0 Å². The third-order valence-corrected chi connectivity index (χ3v) is 8.85. The number of Topliss-reactive ketones (excluding diaryl/α,β-unsaturated/α-hetero) is 1. The smallest absolute Gasteiger partial charge is 0.220 e. The number of rotatable bonds is 4. The lowest BCUT2D eigenvalue weighted by Crippen LogP contribution is -3.11. The average Bonchev–Trinajstić information content (AvgIpc) is 3.25. The second-order valence-corrected chi connectivity index (χ2v) is 9.89. The predicted octanol–water partition coefficient (Wildman–Crippen LogP) is 3.09. The van der Waals surface area contributed by atoms with E-state index < -0.39 is 0 Å². The number of ketones is 1. The van der Waals surface area contributed by atoms with Crippen molar-refractivity contribution >= 4 is 17.5 Å². The van der Waals surface area contributed by atoms with Crippen LogP contribution in [0.2, 0.25) is 0 Å². The van der Waals surface area contributed by atoms with E-state index in [-0.39, 0.29) is 18.2 Å². The highest BCUT2D eigenvalue weighted by atomic mass is 32.2. The number of thioether (sulfide) groups is 1. The molecule has 0 amide bonds. The van der Waals surface area contributed by atoms with E-state index in [0.717, 1.165) is 31.6 Å². The SMILES string of the molecule is O=C1CCCCC1[N+]12CSC(c3ccccc3)C1C[NH+]([O-])C2Cc1ccccc1. The molecule has 152 valence electrons. The Kier molecular flexibility index (Phi) is 5.25. The quantitative estimate of drug-likeness (QED) is 0.623. The topological polar surface area (TPSA) is 44.6 Å². The molecule has 6 unspecified atom stereocenters. The second-order valence-electron chi connectivity index (χ2n) is 8.79. The highest BCUT2D eigenvalue weighted by molar-refractivity contribution is 7.99. The molecule has 2 aromatic carbocycles. The third kappa shape index (κ3) is 3.25. The zero-order chi connectivity index (χ0) is 19.8. The van der Waals surface area contributed by atoms with E-state index in [9.17, 15) is 10.0 Å². The van der Waals surface area contributed by atoms with E-state index in [0.29, 0.717) is 33.5 Å². The van der Waals surface area contributed by atoms with Crippen molar-refractivity contribution in [1.82, 2.24) is 0 Å². The summed E-state index contributed by atoms with van der Waals surface area (Å²) in [7, 11) is 0. The maximum absolute atomic E-state index is 13.4. The van der Waals surface area contributed by atoms with Crippen LogP contribution in [0.15, 0.2) is 60.7 Å². The van der Waals surface area contributed by atoms with Gasteiger partial charge in [-0.3, -0.25) is 4.79 Å². The predicted molar refractivity (Wildman–Crippen MR) is 116 cm³/mol. The lowest BCUT2D eigenvalue weighted by atomic mass is 9.88. The summed E-state index contributed by atoms with van der Waals surface area (Å²) >= 11 is 1.97. The van der Waals surface area contributed by atoms with Crippen molar-refractivity contribution in [1.29, 1.82) is 0 Å². The number of nitrogens with zero attached hydrogens (tertiary/aromatic N) is 1. The van der Waals surface area contributed by atoms with Gasteiger partial charge >= 0.3 is 0 Å². The zero-order valence-electron chi connectivity index (χ0n) is 16.7. The monoisotopic (exact) mass is 409 g/mol. The summed E-state index contributed by atoms with van der Waals surface area (Å²) in [4.78, 5) is 13.1. The van der Waals surface area contributed by atoms with Crippen LogP contribution in [0.4, 0.5) is 0 Å². The summed E-state index contributed by atoms with van der Waals surface area (Å²) in [5.41, 5.74) is 2.51. The second kappa shape index (κ2) is 7.88. The third-order valence-electron chi connectivity index (χ3n) is 7.31. The Morgan fingerprint density at radius 1 is 1.03 bits per heavy atom. The first kappa shape index (κ1) is 19.3. The van der Waals surface area contributed by atoms with Crippen LogP contribution < -0.4 is 5.06 Å². The van der Waals surface area contributed by atoms with E-state index in [2.05, 4.69) is 36.4 Å². The van der Waals surface area contributed by atoms with Gasteiger partial charge in [0.1, 0.15) is 12.4 Å². The molecule has 3 aliphatic rings. The minimum Gasteiger partial charge on any atom is -0.630 e. The van der Waals surface area contributed by atoms with Gasteiger partial charge in [-0.15, -0.1) is 0 Å². The Morgan fingerprint density at radius 3 is 2.48 bits per heavy atom. The number of nitrogens with one attached hydrogen (secondary N) is 1. The van der Waals surface area contributed by atoms with Gasteiger partial charge in [-0.25, -0.2) is 4.48 Å². The van der Waals surface area contributed by atoms with Crippen LogP contribution in [0.25, 0.3) is 0 Å². The molecule has 2 heterocycles. The molecule has 1 saturated carbocycles. The van der Waals surface area contributed by atoms with E-state index in [1.165, 1.54) is 11.1 Å². The molecule has 4 nitrogen and oxygen atoms in total. The van der Waals surface area contributed by atoms with Gasteiger partial charge in [-0.2, -0.15) is 0 Å². The Bertz CT molecular complexity index is 858. The molecule has 29 heavy (non-hydrogen) atoms. The maximum Gasteiger partial charge on any atom is 0.220 e. The number of hydrogen-bond acceptors (Lipinski definition) is 3. The average molecular weight is 410 g/mol. The molecule has 0 spiro atoms. The molecule has 2 aromatic rings. The van der Waals surface area contributed by atoms with Crippen molar-refractivity contribution in [2.75, 3.05) is 12.4 Å². The summed E-state index contributed by atoms with van der Waals surface area (Å²) in [6, 6.07) is 21.2. The molecule has 0 bridgehead atoms. The Morgan fingerprint density at radius 2 is 1.76 bits per heavy atom. The van der Waals surface area contributed by atoms with Crippen molar-refractivity contribution in [2.24, 2.45) is 0 Å². The highest BCUT2D eigenvalue weighted by Gasteiger charge is 2.66. The van der Waals surface area contributed by atoms with Crippen molar-refractivity contribution in [3.05, 3.63) is 77.0 Å². The van der Waals surface area contributed by atoms with Crippen molar-refractivity contribution in [3.63, 3.8) is 0 Å². The van der Waals surface area contributed by atoms with Gasteiger partial charge in [0, 0.05) is 12.8 Å². The molecule has 3 fully saturated rings. The first-order valence-corrected chi connectivity index (χ1v) is 11.9. The lowest BCUT2D eigenvalue weighted by Gasteiger charge is -2.45. The Labute approximate surface area is 177 Å². The fourth-order valence-electron chi connectivity index (χ4n) is 5.97. The summed E-state index contributed by atoms with van der Waals surface area (Å²) in [5, 5.41) is 14.0. The van der Waals surface area contributed by atoms with E-state index in [1.807, 2.05) is 36.0 Å². The van der Waals surface area contributed by atoms with Crippen LogP contribution in [-0.4, -0.2) is 40.9 Å². The van der Waals surface area contributed by atoms with Crippen molar-refractivity contribution < 1.29 is 14.3 Å². The van der Waals surface area contributed by atoms with Crippen LogP contribution >= 0.6 is 11.8 Å². The normalized spacial score (nSPS) is 36.9. The van der Waals surface area contributed by atoms with Crippen LogP contribution in [-0.2, 0) is 11.2 Å². The number of quaternary nitrogens is 2. The van der Waals surface area contributed by atoms with Gasteiger partial charge in [0.05, 0.1) is 11.7 Å². The molecule has 0 radical (unpaired) electrons. The molecule has 5 rings (SSSR count). The van der Waals surface area contributed by atoms with E-state index in [1.54, 1.807) is 0 Å². The standard InChI is InChI=1S/C24H29N2O2S/c27-22-14-8-7-13-20(22)26-17-29-24(19-11-5-2-6-12-19)21(26)16-25(28)23(26)15-18-9-3-1-4-10-18/h1-6,9-12,20-21,23-25H,7-8,13-17H2/q+1. The van der Waals surface area contributed by atoms with Gasteiger partial charge in [-0.05, 0) is 24.0 Å². The van der Waals surface area contributed by atoms with Crippen LogP contribution in [0.1, 0.15) is 42.1 Å². The van der Waals surface area contributed by atoms with Crippen molar-refractivity contribution in [3.8, 4) is 0 Å². The number of carbonyl (C=O) groups is 1. The number of hydroxylamine groups is 2. The molecular weight excluding hydrogens is 380 g/mol. The summed E-state index contributed by atoms with van der Waals surface area (Å²) in [5.74, 6) is 1.27. The molecule has 2 aliphatic heterocycles. The van der Waals surface area contributed by atoms with E-state index in [4.69, 9.17) is 0 Å². The molecule has 2 saturated heterocycles. The molecule has 1 aliphatic carbocycles. The van der Waals surface area contributed by atoms with Gasteiger partial charge < -0.3 is 10.3 Å². The van der Waals surface area contributed by atoms with Gasteiger partial charge in [0.2, 0.25) is 6.17 Å². The fourth-order valence-corrected chi connectivity index (χ4v) is 7.83. The molecule has 1 N–H and O–H groups in total. The maximum atomic E-state index is 13.4. The van der Waals surface area contributed by atoms with Crippen LogP contribution in [0.3, 0.4) is 0 Å².